The van der Waals surface area contributed by atoms with Crippen LogP contribution in [-0.2, 0) is 14.8 Å². The van der Waals surface area contributed by atoms with E-state index < -0.39 is 34.1 Å². The average molecular weight is 408 g/mol. The van der Waals surface area contributed by atoms with E-state index in [0.717, 1.165) is 16.0 Å². The number of carbonyl (C=O) groups is 1. The number of aliphatic hydroxyl groups is 1. The molecular weight excluding hydrogens is 385 g/mol. The number of hydrogen-bond acceptors (Lipinski definition) is 4. The molecule has 152 valence electrons. The van der Waals surface area contributed by atoms with Gasteiger partial charge in [0.05, 0.1) is 11.3 Å². The number of aryl methyl sites for hydroxylation is 2. The summed E-state index contributed by atoms with van der Waals surface area (Å²) < 4.78 is 64.8. The van der Waals surface area contributed by atoms with E-state index in [1.165, 1.54) is 10.4 Å². The molecule has 0 saturated carbocycles. The molecule has 0 spiro atoms. The van der Waals surface area contributed by atoms with Gasteiger partial charge in [-0.25, -0.2) is 8.42 Å². The third kappa shape index (κ3) is 4.61. The Hall–Kier alpha value is -1.65. The topological polar surface area (TPSA) is 77.9 Å². The van der Waals surface area contributed by atoms with Crippen molar-refractivity contribution in [3.8, 4) is 0 Å². The number of halogens is 3. The van der Waals surface area contributed by atoms with Gasteiger partial charge in [-0.2, -0.15) is 17.5 Å². The second-order valence-electron chi connectivity index (χ2n) is 6.98. The fourth-order valence-electron chi connectivity index (χ4n) is 2.71. The van der Waals surface area contributed by atoms with Crippen molar-refractivity contribution in [2.45, 2.75) is 43.9 Å². The Morgan fingerprint density at radius 1 is 1.11 bits per heavy atom. The molecule has 0 radical (unpaired) electrons. The van der Waals surface area contributed by atoms with E-state index >= 15 is 0 Å². The minimum absolute atomic E-state index is 0.0187. The lowest BCUT2D eigenvalue weighted by Crippen LogP contribution is -2.53. The number of carbonyl (C=O) groups excluding carboxylic acids is 1. The van der Waals surface area contributed by atoms with Crippen molar-refractivity contribution in [1.82, 2.24) is 9.21 Å². The Kier molecular flexibility index (Phi) is 5.93. The Labute approximate surface area is 156 Å². The predicted octanol–water partition coefficient (Wildman–Crippen LogP) is 1.84. The molecule has 0 bridgehead atoms. The van der Waals surface area contributed by atoms with Crippen LogP contribution in [0.25, 0.3) is 0 Å². The minimum Gasteiger partial charge on any atom is -0.380 e. The van der Waals surface area contributed by atoms with Crippen molar-refractivity contribution in [2.75, 3.05) is 26.2 Å². The van der Waals surface area contributed by atoms with E-state index in [1.807, 2.05) is 6.92 Å². The summed E-state index contributed by atoms with van der Waals surface area (Å²) in [6.07, 6.45) is -6.02. The lowest BCUT2D eigenvalue weighted by atomic mass is 10.0. The molecule has 6 nitrogen and oxygen atoms in total. The molecule has 0 aromatic heterocycles. The quantitative estimate of drug-likeness (QED) is 0.825. The zero-order valence-corrected chi connectivity index (χ0v) is 16.2. The molecule has 1 aromatic rings. The summed E-state index contributed by atoms with van der Waals surface area (Å²) in [5.74, 6) is -0.861. The lowest BCUT2D eigenvalue weighted by molar-refractivity contribution is -0.254. The molecule has 1 fully saturated rings. The Morgan fingerprint density at radius 2 is 1.67 bits per heavy atom. The number of hydrogen-bond donors (Lipinski definition) is 1. The highest BCUT2D eigenvalue weighted by Gasteiger charge is 2.51. The molecule has 1 heterocycles. The molecule has 1 aliphatic rings. The Balaban J connectivity index is 2.04. The van der Waals surface area contributed by atoms with Gasteiger partial charge in [0.25, 0.3) is 0 Å². The number of piperazine rings is 1. The second-order valence-corrected chi connectivity index (χ2v) is 8.92. The van der Waals surface area contributed by atoms with Crippen LogP contribution in [0.3, 0.4) is 0 Å². The smallest absolute Gasteiger partial charge is 0.380 e. The fourth-order valence-corrected chi connectivity index (χ4v) is 4.22. The zero-order chi connectivity index (χ0) is 20.6. The van der Waals surface area contributed by atoms with E-state index in [1.54, 1.807) is 19.1 Å². The van der Waals surface area contributed by atoms with Gasteiger partial charge in [0.2, 0.25) is 15.9 Å². The number of amides is 1. The van der Waals surface area contributed by atoms with Crippen LogP contribution >= 0.6 is 0 Å². The number of sulfonamides is 1. The van der Waals surface area contributed by atoms with Crippen molar-refractivity contribution in [2.24, 2.45) is 0 Å². The van der Waals surface area contributed by atoms with Crippen LogP contribution in [0.4, 0.5) is 13.2 Å². The van der Waals surface area contributed by atoms with Crippen molar-refractivity contribution < 1.29 is 31.5 Å². The monoisotopic (exact) mass is 408 g/mol. The van der Waals surface area contributed by atoms with Gasteiger partial charge >= 0.3 is 6.18 Å². The average Bonchev–Trinajstić information content (AvgIpc) is 2.56. The van der Waals surface area contributed by atoms with Crippen molar-refractivity contribution in [3.63, 3.8) is 0 Å². The van der Waals surface area contributed by atoms with Gasteiger partial charge in [0, 0.05) is 26.2 Å². The van der Waals surface area contributed by atoms with Crippen molar-refractivity contribution >= 4 is 15.9 Å². The highest BCUT2D eigenvalue weighted by Crippen LogP contribution is 2.33. The van der Waals surface area contributed by atoms with E-state index in [9.17, 15) is 31.5 Å². The molecule has 0 unspecified atom stereocenters. The van der Waals surface area contributed by atoms with Gasteiger partial charge in [0.15, 0.2) is 5.60 Å². The summed E-state index contributed by atoms with van der Waals surface area (Å²) in [6.45, 7) is 4.12. The molecule has 1 aliphatic heterocycles. The van der Waals surface area contributed by atoms with E-state index in [4.69, 9.17) is 0 Å². The first-order valence-corrected chi connectivity index (χ1v) is 9.84. The minimum atomic E-state index is -4.92. The number of alkyl halides is 3. The van der Waals surface area contributed by atoms with Crippen LogP contribution in [-0.4, -0.2) is 66.6 Å². The SMILES string of the molecule is Cc1ccc(S(=O)(=O)N2CCN(C(=O)C[C@](C)(O)C(F)(F)F)CC2)cc1C. The lowest BCUT2D eigenvalue weighted by Gasteiger charge is -2.35. The maximum atomic E-state index is 12.7. The van der Waals surface area contributed by atoms with Crippen LogP contribution in [0.15, 0.2) is 23.1 Å². The van der Waals surface area contributed by atoms with Crippen LogP contribution < -0.4 is 0 Å². The van der Waals surface area contributed by atoms with E-state index in [0.29, 0.717) is 6.92 Å². The van der Waals surface area contributed by atoms with Gasteiger partial charge < -0.3 is 10.0 Å². The van der Waals surface area contributed by atoms with Crippen molar-refractivity contribution in [3.05, 3.63) is 29.3 Å². The van der Waals surface area contributed by atoms with Crippen molar-refractivity contribution in [1.29, 1.82) is 0 Å². The molecule has 1 saturated heterocycles. The van der Waals surface area contributed by atoms with Gasteiger partial charge in [0.1, 0.15) is 0 Å². The standard InChI is InChI=1S/C17H23F3N2O4S/c1-12-4-5-14(10-13(12)2)27(25,26)22-8-6-21(7-9-22)15(23)11-16(3,24)17(18,19)20/h4-5,10,24H,6-9,11H2,1-3H3/t16-/m0/s1. The Bertz CT molecular complexity index is 814. The Morgan fingerprint density at radius 3 is 2.15 bits per heavy atom. The van der Waals surface area contributed by atoms with Crippen LogP contribution in [0.2, 0.25) is 0 Å². The molecule has 0 aliphatic carbocycles. The molecule has 27 heavy (non-hydrogen) atoms. The number of benzene rings is 1. The highest BCUT2D eigenvalue weighted by atomic mass is 32.2. The predicted molar refractivity (Wildman–Crippen MR) is 92.6 cm³/mol. The largest absolute Gasteiger partial charge is 0.417 e. The summed E-state index contributed by atoms with van der Waals surface area (Å²) in [4.78, 5) is 13.4. The molecule has 1 N–H and O–H groups in total. The normalized spacial score (nSPS) is 19.0. The fraction of sp³-hybridized carbons (Fsp3) is 0.588. The first kappa shape index (κ1) is 21.6. The third-order valence-corrected chi connectivity index (χ3v) is 6.71. The highest BCUT2D eigenvalue weighted by molar-refractivity contribution is 7.89. The molecule has 2 rings (SSSR count). The molecule has 1 atom stereocenters. The summed E-state index contributed by atoms with van der Waals surface area (Å²) in [6, 6.07) is 4.79. The summed E-state index contributed by atoms with van der Waals surface area (Å²) in [5.41, 5.74) is -1.33. The molecule has 1 aromatic carbocycles. The summed E-state index contributed by atoms with van der Waals surface area (Å²) in [5, 5.41) is 9.45. The van der Waals surface area contributed by atoms with E-state index in [-0.39, 0.29) is 31.1 Å². The van der Waals surface area contributed by atoms with Crippen LogP contribution in [0.1, 0.15) is 24.5 Å². The summed E-state index contributed by atoms with van der Waals surface area (Å²) in [7, 11) is -3.74. The first-order valence-electron chi connectivity index (χ1n) is 8.40. The van der Waals surface area contributed by atoms with Crippen LogP contribution in [0.5, 0.6) is 0 Å². The maximum Gasteiger partial charge on any atom is 0.417 e. The zero-order valence-electron chi connectivity index (χ0n) is 15.4. The molecule has 10 heteroatoms. The van der Waals surface area contributed by atoms with Gasteiger partial charge in [-0.3, -0.25) is 4.79 Å². The molecule has 1 amide bonds. The third-order valence-electron chi connectivity index (χ3n) is 4.81. The second kappa shape index (κ2) is 7.40. The maximum absolute atomic E-state index is 12.7. The number of rotatable bonds is 4. The number of nitrogens with zero attached hydrogens (tertiary/aromatic N) is 2. The van der Waals surface area contributed by atoms with Crippen LogP contribution in [0, 0.1) is 13.8 Å². The van der Waals surface area contributed by atoms with Gasteiger partial charge in [-0.15, -0.1) is 0 Å². The molecular formula is C17H23F3N2O4S. The van der Waals surface area contributed by atoms with E-state index in [2.05, 4.69) is 0 Å². The van der Waals surface area contributed by atoms with Gasteiger partial charge in [-0.05, 0) is 44.0 Å². The van der Waals surface area contributed by atoms with Gasteiger partial charge in [-0.1, -0.05) is 6.07 Å². The summed E-state index contributed by atoms with van der Waals surface area (Å²) >= 11 is 0. The first-order chi connectivity index (χ1) is 12.3.